The number of carbonyl (C=O) groups excluding carboxylic acids is 2. The molecule has 1 N–H and O–H groups in total. The molecule has 3 aromatic carbocycles. The third-order valence-corrected chi connectivity index (χ3v) is 7.03. The minimum atomic E-state index is -0.676. The minimum absolute atomic E-state index is 0.128. The number of hydrogen-bond donors (Lipinski definition) is 1. The molecule has 3 aromatic rings. The van der Waals surface area contributed by atoms with Crippen LogP contribution in [0.5, 0.6) is 17.2 Å². The summed E-state index contributed by atoms with van der Waals surface area (Å²) in [5.41, 5.74) is 3.68. The van der Waals surface area contributed by atoms with E-state index in [1.54, 1.807) is 35.2 Å². The SMILES string of the molecule is COc1ccc(NC(=O)C2c3cc(OC)c(OC)cc3C(=O)N3CCc4ccccc4C23)cc1Cl. The first-order valence-corrected chi connectivity index (χ1v) is 11.6. The Bertz CT molecular complexity index is 1320. The summed E-state index contributed by atoms with van der Waals surface area (Å²) in [5.74, 6) is 0.363. The van der Waals surface area contributed by atoms with E-state index < -0.39 is 12.0 Å². The molecular formula is C27H25ClN2O5. The molecule has 2 amide bonds. The fourth-order valence-electron chi connectivity index (χ4n) is 5.10. The number of carbonyl (C=O) groups is 2. The van der Waals surface area contributed by atoms with Crippen LogP contribution in [-0.2, 0) is 11.2 Å². The van der Waals surface area contributed by atoms with E-state index in [-0.39, 0.29) is 11.8 Å². The van der Waals surface area contributed by atoms with Gasteiger partial charge in [-0.25, -0.2) is 0 Å². The van der Waals surface area contributed by atoms with Crippen molar-refractivity contribution >= 4 is 29.1 Å². The molecule has 0 aliphatic carbocycles. The van der Waals surface area contributed by atoms with Gasteiger partial charge in [-0.15, -0.1) is 0 Å². The maximum absolute atomic E-state index is 13.9. The zero-order chi connectivity index (χ0) is 24.7. The van der Waals surface area contributed by atoms with Crippen molar-refractivity contribution in [3.05, 3.63) is 81.9 Å². The topological polar surface area (TPSA) is 77.1 Å². The van der Waals surface area contributed by atoms with Gasteiger partial charge in [0.15, 0.2) is 11.5 Å². The Hall–Kier alpha value is -3.71. The molecule has 5 rings (SSSR count). The second-order valence-electron chi connectivity index (χ2n) is 8.50. The van der Waals surface area contributed by atoms with Crippen LogP contribution in [0.25, 0.3) is 0 Å². The van der Waals surface area contributed by atoms with E-state index in [2.05, 4.69) is 11.4 Å². The molecule has 2 aliphatic heterocycles. The first-order chi connectivity index (χ1) is 17.0. The van der Waals surface area contributed by atoms with Crippen LogP contribution in [0.3, 0.4) is 0 Å². The van der Waals surface area contributed by atoms with Crippen molar-refractivity contribution in [2.75, 3.05) is 33.2 Å². The third-order valence-electron chi connectivity index (χ3n) is 6.73. The third kappa shape index (κ3) is 3.86. The molecule has 35 heavy (non-hydrogen) atoms. The Labute approximate surface area is 208 Å². The van der Waals surface area contributed by atoms with Gasteiger partial charge >= 0.3 is 0 Å². The molecule has 2 atom stereocenters. The Morgan fingerprint density at radius 1 is 0.943 bits per heavy atom. The number of anilines is 1. The van der Waals surface area contributed by atoms with Crippen molar-refractivity contribution in [2.45, 2.75) is 18.4 Å². The van der Waals surface area contributed by atoms with Gasteiger partial charge in [-0.05, 0) is 53.4 Å². The highest BCUT2D eigenvalue weighted by atomic mass is 35.5. The Balaban J connectivity index is 1.65. The van der Waals surface area contributed by atoms with Crippen molar-refractivity contribution in [3.8, 4) is 17.2 Å². The van der Waals surface area contributed by atoms with Gasteiger partial charge in [0.1, 0.15) is 5.75 Å². The fourth-order valence-corrected chi connectivity index (χ4v) is 5.35. The number of amides is 2. The average molecular weight is 493 g/mol. The van der Waals surface area contributed by atoms with Crippen LogP contribution in [0, 0.1) is 0 Å². The molecule has 0 saturated heterocycles. The van der Waals surface area contributed by atoms with E-state index in [1.807, 2.05) is 18.2 Å². The number of ether oxygens (including phenoxy) is 3. The fraction of sp³-hybridized carbons (Fsp3) is 0.259. The molecule has 0 fully saturated rings. The van der Waals surface area contributed by atoms with Crippen molar-refractivity contribution < 1.29 is 23.8 Å². The van der Waals surface area contributed by atoms with Gasteiger partial charge in [-0.1, -0.05) is 35.9 Å². The quantitative estimate of drug-likeness (QED) is 0.551. The van der Waals surface area contributed by atoms with Gasteiger partial charge < -0.3 is 24.4 Å². The van der Waals surface area contributed by atoms with E-state index in [9.17, 15) is 9.59 Å². The zero-order valence-electron chi connectivity index (χ0n) is 19.6. The number of benzene rings is 3. The van der Waals surface area contributed by atoms with Crippen molar-refractivity contribution in [1.82, 2.24) is 4.90 Å². The zero-order valence-corrected chi connectivity index (χ0v) is 20.4. The number of halogens is 1. The van der Waals surface area contributed by atoms with Crippen LogP contribution in [0.4, 0.5) is 5.69 Å². The predicted octanol–water partition coefficient (Wildman–Crippen LogP) is 4.84. The van der Waals surface area contributed by atoms with Crippen LogP contribution in [0.2, 0.25) is 5.02 Å². The van der Waals surface area contributed by atoms with Crippen molar-refractivity contribution in [2.24, 2.45) is 0 Å². The number of fused-ring (bicyclic) bond motifs is 4. The van der Waals surface area contributed by atoms with E-state index in [4.69, 9.17) is 25.8 Å². The van der Waals surface area contributed by atoms with Gasteiger partial charge in [0, 0.05) is 17.8 Å². The smallest absolute Gasteiger partial charge is 0.254 e. The maximum atomic E-state index is 13.9. The summed E-state index contributed by atoms with van der Waals surface area (Å²) in [6.45, 7) is 0.520. The lowest BCUT2D eigenvalue weighted by atomic mass is 9.75. The van der Waals surface area contributed by atoms with Crippen molar-refractivity contribution in [1.29, 1.82) is 0 Å². The second kappa shape index (κ2) is 9.15. The summed E-state index contributed by atoms with van der Waals surface area (Å²) < 4.78 is 16.2. The van der Waals surface area contributed by atoms with Gasteiger partial charge in [0.2, 0.25) is 5.91 Å². The lowest BCUT2D eigenvalue weighted by Gasteiger charge is -2.45. The molecule has 0 spiro atoms. The van der Waals surface area contributed by atoms with Crippen LogP contribution >= 0.6 is 11.6 Å². The Morgan fingerprint density at radius 3 is 2.37 bits per heavy atom. The molecule has 0 bridgehead atoms. The molecule has 0 saturated carbocycles. The monoisotopic (exact) mass is 492 g/mol. The van der Waals surface area contributed by atoms with Crippen LogP contribution in [-0.4, -0.2) is 44.6 Å². The summed E-state index contributed by atoms with van der Waals surface area (Å²) in [6, 6.07) is 16.0. The highest BCUT2D eigenvalue weighted by Gasteiger charge is 2.47. The number of methoxy groups -OCH3 is 3. The first-order valence-electron chi connectivity index (χ1n) is 11.3. The van der Waals surface area contributed by atoms with Gasteiger partial charge in [0.05, 0.1) is 38.3 Å². The van der Waals surface area contributed by atoms with E-state index >= 15 is 0 Å². The number of nitrogens with one attached hydrogen (secondary N) is 1. The Kier molecular flexibility index (Phi) is 6.03. The van der Waals surface area contributed by atoms with E-state index in [0.29, 0.717) is 45.6 Å². The van der Waals surface area contributed by atoms with Crippen LogP contribution in [0.15, 0.2) is 54.6 Å². The molecule has 2 aliphatic rings. The maximum Gasteiger partial charge on any atom is 0.254 e. The lowest BCUT2D eigenvalue weighted by Crippen LogP contribution is -2.49. The highest BCUT2D eigenvalue weighted by Crippen LogP contribution is 2.48. The second-order valence-corrected chi connectivity index (χ2v) is 8.91. The van der Waals surface area contributed by atoms with Crippen LogP contribution < -0.4 is 19.5 Å². The lowest BCUT2D eigenvalue weighted by molar-refractivity contribution is -0.119. The molecule has 2 unspecified atom stereocenters. The first kappa shape index (κ1) is 23.1. The standard InChI is InChI=1S/C27H25ClN2O5/c1-33-21-9-8-16(12-20(21)28)29-26(31)24-18-13-22(34-2)23(35-3)14-19(18)27(32)30-11-10-15-6-4-5-7-17(15)25(24)30/h4-9,12-14,24-25H,10-11H2,1-3H3,(H,29,31). The minimum Gasteiger partial charge on any atom is -0.495 e. The molecule has 0 aromatic heterocycles. The average Bonchev–Trinajstić information content (AvgIpc) is 2.88. The van der Waals surface area contributed by atoms with Gasteiger partial charge in [-0.2, -0.15) is 0 Å². The molecule has 7 nitrogen and oxygen atoms in total. The predicted molar refractivity (Wildman–Crippen MR) is 133 cm³/mol. The molecule has 180 valence electrons. The number of hydrogen-bond acceptors (Lipinski definition) is 5. The van der Waals surface area contributed by atoms with Gasteiger partial charge in [0.25, 0.3) is 5.91 Å². The summed E-state index contributed by atoms with van der Waals surface area (Å²) >= 11 is 6.29. The van der Waals surface area contributed by atoms with E-state index in [0.717, 1.165) is 17.5 Å². The van der Waals surface area contributed by atoms with Gasteiger partial charge in [-0.3, -0.25) is 9.59 Å². The molecule has 0 radical (unpaired) electrons. The normalized spacial score (nSPS) is 18.2. The Morgan fingerprint density at radius 2 is 1.66 bits per heavy atom. The molecule has 2 heterocycles. The largest absolute Gasteiger partial charge is 0.495 e. The van der Waals surface area contributed by atoms with Crippen LogP contribution in [0.1, 0.15) is 39.0 Å². The summed E-state index contributed by atoms with van der Waals surface area (Å²) in [5, 5.41) is 3.39. The number of nitrogens with zero attached hydrogens (tertiary/aromatic N) is 1. The highest BCUT2D eigenvalue weighted by molar-refractivity contribution is 6.32. The summed E-state index contributed by atoms with van der Waals surface area (Å²) in [4.78, 5) is 29.4. The number of rotatable bonds is 5. The van der Waals surface area contributed by atoms with Crippen molar-refractivity contribution in [3.63, 3.8) is 0 Å². The molecular weight excluding hydrogens is 468 g/mol. The summed E-state index contributed by atoms with van der Waals surface area (Å²) in [6.07, 6.45) is 0.726. The molecule has 8 heteroatoms. The van der Waals surface area contributed by atoms with E-state index in [1.165, 1.54) is 21.3 Å². The summed E-state index contributed by atoms with van der Waals surface area (Å²) in [7, 11) is 4.59.